The smallest absolute Gasteiger partial charge is 0.260 e. The zero-order valence-corrected chi connectivity index (χ0v) is 13.7. The van der Waals surface area contributed by atoms with Crippen molar-refractivity contribution in [1.82, 2.24) is 5.32 Å². The molecule has 0 fully saturated rings. The van der Waals surface area contributed by atoms with Gasteiger partial charge in [-0.3, -0.25) is 4.79 Å². The van der Waals surface area contributed by atoms with Crippen LogP contribution in [0.5, 0.6) is 5.75 Å². The summed E-state index contributed by atoms with van der Waals surface area (Å²) in [6.45, 7) is 5.90. The highest BCUT2D eigenvalue weighted by molar-refractivity contribution is 9.10. The average Bonchev–Trinajstić information content (AvgIpc) is 2.45. The molecule has 1 amide bonds. The summed E-state index contributed by atoms with van der Waals surface area (Å²) in [6, 6.07) is 7.37. The lowest BCUT2D eigenvalue weighted by atomic mass is 10.0. The molecule has 0 saturated heterocycles. The number of amides is 1. The molecule has 1 aromatic carbocycles. The van der Waals surface area contributed by atoms with Gasteiger partial charge in [-0.15, -0.1) is 0 Å². The molecular weight excluding hydrogens is 322 g/mol. The lowest BCUT2D eigenvalue weighted by molar-refractivity contribution is -0.127. The van der Waals surface area contributed by atoms with Gasteiger partial charge in [-0.05, 0) is 40.9 Å². The molecule has 0 heterocycles. The molecule has 0 bridgehead atoms. The number of benzene rings is 1. The Morgan fingerprint density at radius 2 is 2.05 bits per heavy atom. The molecule has 1 rings (SSSR count). The second-order valence-corrected chi connectivity index (χ2v) is 5.74. The Morgan fingerprint density at radius 3 is 2.65 bits per heavy atom. The zero-order chi connectivity index (χ0) is 15.1. The van der Waals surface area contributed by atoms with E-state index in [1.54, 1.807) is 13.0 Å². The van der Waals surface area contributed by atoms with Crippen LogP contribution < -0.4 is 10.1 Å². The molecule has 3 unspecified atom stereocenters. The normalized spacial score (nSPS) is 15.2. The van der Waals surface area contributed by atoms with E-state index in [4.69, 9.17) is 4.74 Å². The fraction of sp³-hybridized carbons (Fsp3) is 0.533. The highest BCUT2D eigenvalue weighted by atomic mass is 79.9. The average molecular weight is 344 g/mol. The topological polar surface area (TPSA) is 58.6 Å². The summed E-state index contributed by atoms with van der Waals surface area (Å²) in [6.07, 6.45) is -0.266. The Hall–Kier alpha value is -1.07. The van der Waals surface area contributed by atoms with E-state index in [-0.39, 0.29) is 18.4 Å². The first-order valence-corrected chi connectivity index (χ1v) is 7.62. The Labute approximate surface area is 128 Å². The molecule has 2 N–H and O–H groups in total. The highest BCUT2D eigenvalue weighted by Crippen LogP contribution is 2.24. The third-order valence-electron chi connectivity index (χ3n) is 3.30. The monoisotopic (exact) mass is 343 g/mol. The van der Waals surface area contributed by atoms with Gasteiger partial charge in [0.2, 0.25) is 0 Å². The highest BCUT2D eigenvalue weighted by Gasteiger charge is 2.18. The molecule has 0 aliphatic heterocycles. The summed E-state index contributed by atoms with van der Waals surface area (Å²) in [5.41, 5.74) is 0. The molecule has 0 aromatic heterocycles. The van der Waals surface area contributed by atoms with Gasteiger partial charge in [0.25, 0.3) is 5.91 Å². The number of nitrogens with one attached hydrogen (secondary N) is 1. The molecule has 0 aliphatic rings. The van der Waals surface area contributed by atoms with Crippen LogP contribution in [0.1, 0.15) is 27.2 Å². The third kappa shape index (κ3) is 5.13. The van der Waals surface area contributed by atoms with Crippen LogP contribution in [-0.4, -0.2) is 29.8 Å². The zero-order valence-electron chi connectivity index (χ0n) is 12.1. The van der Waals surface area contributed by atoms with Gasteiger partial charge in [0, 0.05) is 6.54 Å². The lowest BCUT2D eigenvalue weighted by Gasteiger charge is -2.20. The molecular formula is C15H22BrNO3. The van der Waals surface area contributed by atoms with Crippen molar-refractivity contribution in [3.8, 4) is 5.75 Å². The summed E-state index contributed by atoms with van der Waals surface area (Å²) < 4.78 is 6.39. The predicted octanol–water partition coefficient (Wildman–Crippen LogP) is 2.74. The van der Waals surface area contributed by atoms with E-state index in [0.29, 0.717) is 5.75 Å². The third-order valence-corrected chi connectivity index (χ3v) is 3.95. The molecule has 0 saturated carbocycles. The van der Waals surface area contributed by atoms with Gasteiger partial charge in [-0.25, -0.2) is 0 Å². The van der Waals surface area contributed by atoms with Crippen LogP contribution >= 0.6 is 15.9 Å². The largest absolute Gasteiger partial charge is 0.480 e. The molecule has 4 nitrogen and oxygen atoms in total. The first-order chi connectivity index (χ1) is 9.45. The minimum absolute atomic E-state index is 0.162. The Balaban J connectivity index is 2.46. The van der Waals surface area contributed by atoms with Gasteiger partial charge < -0.3 is 15.2 Å². The van der Waals surface area contributed by atoms with Gasteiger partial charge in [0.1, 0.15) is 5.75 Å². The van der Waals surface area contributed by atoms with Crippen LogP contribution in [-0.2, 0) is 4.79 Å². The minimum Gasteiger partial charge on any atom is -0.480 e. The maximum absolute atomic E-state index is 11.9. The van der Waals surface area contributed by atoms with Crippen LogP contribution in [0.4, 0.5) is 0 Å². The van der Waals surface area contributed by atoms with E-state index in [9.17, 15) is 9.90 Å². The Bertz CT molecular complexity index is 439. The van der Waals surface area contributed by atoms with Crippen molar-refractivity contribution in [2.24, 2.45) is 5.92 Å². The maximum atomic E-state index is 11.9. The van der Waals surface area contributed by atoms with Crippen molar-refractivity contribution < 1.29 is 14.6 Å². The number of aliphatic hydroxyl groups excluding tert-OH is 1. The van der Waals surface area contributed by atoms with Crippen molar-refractivity contribution in [1.29, 1.82) is 0 Å². The predicted molar refractivity (Wildman–Crippen MR) is 82.7 cm³/mol. The van der Waals surface area contributed by atoms with E-state index in [1.807, 2.05) is 32.0 Å². The number of hydrogen-bond donors (Lipinski definition) is 2. The fourth-order valence-corrected chi connectivity index (χ4v) is 1.98. The van der Waals surface area contributed by atoms with Crippen molar-refractivity contribution in [3.05, 3.63) is 28.7 Å². The van der Waals surface area contributed by atoms with Crippen LogP contribution in [0.15, 0.2) is 28.7 Å². The van der Waals surface area contributed by atoms with Gasteiger partial charge >= 0.3 is 0 Å². The lowest BCUT2D eigenvalue weighted by Crippen LogP contribution is -2.41. The van der Waals surface area contributed by atoms with Crippen molar-refractivity contribution in [3.63, 3.8) is 0 Å². The molecule has 0 spiro atoms. The van der Waals surface area contributed by atoms with Gasteiger partial charge in [-0.1, -0.05) is 32.4 Å². The van der Waals surface area contributed by atoms with Gasteiger partial charge in [0.05, 0.1) is 10.6 Å². The summed E-state index contributed by atoms with van der Waals surface area (Å²) >= 11 is 3.37. The number of hydrogen-bond acceptors (Lipinski definition) is 3. The standard InChI is InChI=1S/C15H22BrNO3/c1-4-10(2)13(18)9-17-15(19)11(3)20-14-8-6-5-7-12(14)16/h5-8,10-11,13,18H,4,9H2,1-3H3,(H,17,19). The second kappa shape index (κ2) is 8.27. The van der Waals surface area contributed by atoms with Crippen molar-refractivity contribution in [2.45, 2.75) is 39.4 Å². The molecule has 20 heavy (non-hydrogen) atoms. The van der Waals surface area contributed by atoms with Crippen LogP contribution in [0, 0.1) is 5.92 Å². The fourth-order valence-electron chi connectivity index (χ4n) is 1.61. The van der Waals surface area contributed by atoms with E-state index in [2.05, 4.69) is 21.2 Å². The molecule has 5 heteroatoms. The summed E-state index contributed by atoms with van der Waals surface area (Å²) in [5.74, 6) is 0.551. The number of carbonyl (C=O) groups excluding carboxylic acids is 1. The number of halogens is 1. The van der Waals surface area contributed by atoms with Gasteiger partial charge in [0.15, 0.2) is 6.10 Å². The maximum Gasteiger partial charge on any atom is 0.260 e. The molecule has 0 aliphatic carbocycles. The van der Waals surface area contributed by atoms with E-state index < -0.39 is 12.2 Å². The summed E-state index contributed by atoms with van der Waals surface area (Å²) in [4.78, 5) is 11.9. The first kappa shape index (κ1) is 17.0. The van der Waals surface area contributed by atoms with E-state index in [0.717, 1.165) is 10.9 Å². The molecule has 3 atom stereocenters. The van der Waals surface area contributed by atoms with Crippen molar-refractivity contribution >= 4 is 21.8 Å². The molecule has 112 valence electrons. The number of aliphatic hydroxyl groups is 1. The second-order valence-electron chi connectivity index (χ2n) is 4.89. The SMILES string of the molecule is CCC(C)C(O)CNC(=O)C(C)Oc1ccccc1Br. The number of ether oxygens (including phenoxy) is 1. The van der Waals surface area contributed by atoms with Crippen LogP contribution in [0.3, 0.4) is 0 Å². The molecule has 0 radical (unpaired) electrons. The number of para-hydroxylation sites is 1. The van der Waals surface area contributed by atoms with E-state index in [1.165, 1.54) is 0 Å². The van der Waals surface area contributed by atoms with E-state index >= 15 is 0 Å². The Kier molecular flexibility index (Phi) is 7.02. The van der Waals surface area contributed by atoms with Crippen molar-refractivity contribution in [2.75, 3.05) is 6.54 Å². The quantitative estimate of drug-likeness (QED) is 0.800. The van der Waals surface area contributed by atoms with Crippen LogP contribution in [0.2, 0.25) is 0 Å². The number of rotatable bonds is 7. The van der Waals surface area contributed by atoms with Gasteiger partial charge in [-0.2, -0.15) is 0 Å². The van der Waals surface area contributed by atoms with Crippen LogP contribution in [0.25, 0.3) is 0 Å². The molecule has 1 aromatic rings. The Morgan fingerprint density at radius 1 is 1.40 bits per heavy atom. The summed E-state index contributed by atoms with van der Waals surface area (Å²) in [7, 11) is 0. The summed E-state index contributed by atoms with van der Waals surface area (Å²) in [5, 5.41) is 12.5. The first-order valence-electron chi connectivity index (χ1n) is 6.82. The number of carbonyl (C=O) groups is 1. The minimum atomic E-state index is -0.613.